The van der Waals surface area contributed by atoms with Crippen LogP contribution in [0.15, 0.2) is 18.2 Å². The molecular formula is C9H11Cl2NO. The molecule has 0 unspecified atom stereocenters. The molecule has 1 aromatic rings. The SMILES string of the molecule is C[C@H](N)[C@@H](O)c1cccc(Cl)c1Cl. The molecule has 0 spiro atoms. The Labute approximate surface area is 87.3 Å². The first-order valence-corrected chi connectivity index (χ1v) is 4.67. The van der Waals surface area contributed by atoms with Gasteiger partial charge in [-0.1, -0.05) is 35.3 Å². The van der Waals surface area contributed by atoms with Crippen molar-refractivity contribution >= 4 is 23.2 Å². The van der Waals surface area contributed by atoms with Gasteiger partial charge in [-0.3, -0.25) is 0 Å². The molecule has 2 nitrogen and oxygen atoms in total. The first-order chi connectivity index (χ1) is 6.04. The van der Waals surface area contributed by atoms with E-state index in [2.05, 4.69) is 0 Å². The van der Waals surface area contributed by atoms with E-state index in [1.54, 1.807) is 25.1 Å². The summed E-state index contributed by atoms with van der Waals surface area (Å²) in [7, 11) is 0. The summed E-state index contributed by atoms with van der Waals surface area (Å²) in [5, 5.41) is 10.4. The molecule has 2 atom stereocenters. The van der Waals surface area contributed by atoms with Crippen LogP contribution in [-0.2, 0) is 0 Å². The average molecular weight is 220 g/mol. The first-order valence-electron chi connectivity index (χ1n) is 3.91. The molecule has 0 saturated carbocycles. The van der Waals surface area contributed by atoms with Crippen LogP contribution in [0.3, 0.4) is 0 Å². The minimum Gasteiger partial charge on any atom is -0.387 e. The van der Waals surface area contributed by atoms with Crippen LogP contribution in [0, 0.1) is 0 Å². The van der Waals surface area contributed by atoms with Crippen LogP contribution in [0.4, 0.5) is 0 Å². The monoisotopic (exact) mass is 219 g/mol. The highest BCUT2D eigenvalue weighted by Crippen LogP contribution is 2.30. The Morgan fingerprint density at radius 1 is 1.38 bits per heavy atom. The number of aliphatic hydroxyl groups is 1. The van der Waals surface area contributed by atoms with Crippen LogP contribution < -0.4 is 5.73 Å². The van der Waals surface area contributed by atoms with Crippen molar-refractivity contribution in [2.75, 3.05) is 0 Å². The number of rotatable bonds is 2. The van der Waals surface area contributed by atoms with E-state index >= 15 is 0 Å². The van der Waals surface area contributed by atoms with Crippen molar-refractivity contribution in [3.05, 3.63) is 33.8 Å². The molecule has 0 aliphatic carbocycles. The van der Waals surface area contributed by atoms with Crippen LogP contribution >= 0.6 is 23.2 Å². The van der Waals surface area contributed by atoms with Crippen molar-refractivity contribution in [2.24, 2.45) is 5.73 Å². The van der Waals surface area contributed by atoms with Gasteiger partial charge in [0.15, 0.2) is 0 Å². The maximum Gasteiger partial charge on any atom is 0.0953 e. The van der Waals surface area contributed by atoms with Crippen molar-refractivity contribution < 1.29 is 5.11 Å². The van der Waals surface area contributed by atoms with E-state index in [4.69, 9.17) is 28.9 Å². The molecule has 1 rings (SSSR count). The Kier molecular flexibility index (Phi) is 3.56. The molecule has 0 saturated heterocycles. The summed E-state index contributed by atoms with van der Waals surface area (Å²) in [6.45, 7) is 1.71. The topological polar surface area (TPSA) is 46.2 Å². The minimum atomic E-state index is -0.772. The lowest BCUT2D eigenvalue weighted by Gasteiger charge is -2.16. The number of halogens is 2. The van der Waals surface area contributed by atoms with Gasteiger partial charge in [-0.05, 0) is 13.0 Å². The maximum absolute atomic E-state index is 9.63. The third-order valence-electron chi connectivity index (χ3n) is 1.80. The number of hydrogen-bond donors (Lipinski definition) is 2. The predicted molar refractivity (Wildman–Crippen MR) is 55.1 cm³/mol. The second kappa shape index (κ2) is 4.29. The van der Waals surface area contributed by atoms with Crippen molar-refractivity contribution in [3.63, 3.8) is 0 Å². The summed E-state index contributed by atoms with van der Waals surface area (Å²) in [5.74, 6) is 0. The second-order valence-electron chi connectivity index (χ2n) is 2.95. The summed E-state index contributed by atoms with van der Waals surface area (Å²) in [4.78, 5) is 0. The molecule has 1 aromatic carbocycles. The Balaban J connectivity index is 3.07. The minimum absolute atomic E-state index is 0.365. The molecule has 72 valence electrons. The van der Waals surface area contributed by atoms with Gasteiger partial charge in [-0.25, -0.2) is 0 Å². The van der Waals surface area contributed by atoms with E-state index < -0.39 is 6.10 Å². The summed E-state index contributed by atoms with van der Waals surface area (Å²) >= 11 is 11.7. The largest absolute Gasteiger partial charge is 0.387 e. The smallest absolute Gasteiger partial charge is 0.0953 e. The highest BCUT2D eigenvalue weighted by atomic mass is 35.5. The van der Waals surface area contributed by atoms with Gasteiger partial charge in [-0.15, -0.1) is 0 Å². The zero-order chi connectivity index (χ0) is 10.0. The van der Waals surface area contributed by atoms with E-state index in [1.807, 2.05) is 0 Å². The lowest BCUT2D eigenvalue weighted by Crippen LogP contribution is -2.24. The summed E-state index contributed by atoms with van der Waals surface area (Å²) in [6.07, 6.45) is -0.772. The van der Waals surface area contributed by atoms with E-state index in [9.17, 15) is 5.11 Å². The van der Waals surface area contributed by atoms with Gasteiger partial charge in [0.05, 0.1) is 16.1 Å². The van der Waals surface area contributed by atoms with Gasteiger partial charge in [-0.2, -0.15) is 0 Å². The highest BCUT2D eigenvalue weighted by molar-refractivity contribution is 6.42. The third kappa shape index (κ3) is 2.35. The van der Waals surface area contributed by atoms with Crippen molar-refractivity contribution in [1.82, 2.24) is 0 Å². The van der Waals surface area contributed by atoms with Gasteiger partial charge in [0.25, 0.3) is 0 Å². The molecule has 0 bridgehead atoms. The van der Waals surface area contributed by atoms with Gasteiger partial charge in [0.1, 0.15) is 0 Å². The maximum atomic E-state index is 9.63. The number of aliphatic hydroxyl groups excluding tert-OH is 1. The molecule has 0 fully saturated rings. The Morgan fingerprint density at radius 2 is 2.00 bits per heavy atom. The first kappa shape index (κ1) is 10.8. The number of benzene rings is 1. The lowest BCUT2D eigenvalue weighted by atomic mass is 10.0. The predicted octanol–water partition coefficient (Wildman–Crippen LogP) is 2.37. The van der Waals surface area contributed by atoms with Crippen LogP contribution in [0.5, 0.6) is 0 Å². The zero-order valence-corrected chi connectivity index (χ0v) is 8.68. The molecule has 13 heavy (non-hydrogen) atoms. The van der Waals surface area contributed by atoms with Gasteiger partial charge >= 0.3 is 0 Å². The standard InChI is InChI=1S/C9H11Cl2NO/c1-5(12)9(13)6-3-2-4-7(10)8(6)11/h2-5,9,13H,12H2,1H3/t5-,9+/m0/s1. The average Bonchev–Trinajstić information content (AvgIpc) is 2.08. The highest BCUT2D eigenvalue weighted by Gasteiger charge is 2.16. The van der Waals surface area contributed by atoms with Crippen molar-refractivity contribution in [2.45, 2.75) is 19.1 Å². The van der Waals surface area contributed by atoms with Gasteiger partial charge in [0, 0.05) is 11.6 Å². The molecule has 0 amide bonds. The van der Waals surface area contributed by atoms with Crippen LogP contribution in [0.2, 0.25) is 10.0 Å². The van der Waals surface area contributed by atoms with E-state index in [0.717, 1.165) is 0 Å². The number of nitrogens with two attached hydrogens (primary N) is 1. The second-order valence-corrected chi connectivity index (χ2v) is 3.73. The summed E-state index contributed by atoms with van der Waals surface area (Å²) < 4.78 is 0. The zero-order valence-electron chi connectivity index (χ0n) is 7.17. The Hall–Kier alpha value is -0.280. The fraction of sp³-hybridized carbons (Fsp3) is 0.333. The van der Waals surface area contributed by atoms with E-state index in [1.165, 1.54) is 0 Å². The lowest BCUT2D eigenvalue weighted by molar-refractivity contribution is 0.153. The van der Waals surface area contributed by atoms with Gasteiger partial charge in [0.2, 0.25) is 0 Å². The fourth-order valence-corrected chi connectivity index (χ4v) is 1.45. The molecule has 0 aromatic heterocycles. The fourth-order valence-electron chi connectivity index (χ4n) is 1.03. The normalized spacial score (nSPS) is 15.5. The molecule has 4 heteroatoms. The summed E-state index contributed by atoms with van der Waals surface area (Å²) in [6, 6.07) is 4.74. The third-order valence-corrected chi connectivity index (χ3v) is 2.63. The summed E-state index contributed by atoms with van der Waals surface area (Å²) in [5.41, 5.74) is 6.11. The van der Waals surface area contributed by atoms with Crippen molar-refractivity contribution in [3.8, 4) is 0 Å². The molecular weight excluding hydrogens is 209 g/mol. The molecule has 0 aliphatic rings. The molecule has 0 heterocycles. The Morgan fingerprint density at radius 3 is 2.54 bits per heavy atom. The Bertz CT molecular complexity index is 302. The van der Waals surface area contributed by atoms with Crippen LogP contribution in [0.25, 0.3) is 0 Å². The molecule has 0 radical (unpaired) electrons. The number of hydrogen-bond acceptors (Lipinski definition) is 2. The van der Waals surface area contributed by atoms with E-state index in [-0.39, 0.29) is 6.04 Å². The molecule has 3 N–H and O–H groups in total. The molecule has 0 aliphatic heterocycles. The van der Waals surface area contributed by atoms with Gasteiger partial charge < -0.3 is 10.8 Å². The quantitative estimate of drug-likeness (QED) is 0.803. The van der Waals surface area contributed by atoms with Crippen molar-refractivity contribution in [1.29, 1.82) is 0 Å². The van der Waals surface area contributed by atoms with Crippen LogP contribution in [0.1, 0.15) is 18.6 Å². The van der Waals surface area contributed by atoms with E-state index in [0.29, 0.717) is 15.6 Å². The van der Waals surface area contributed by atoms with Crippen LogP contribution in [-0.4, -0.2) is 11.1 Å².